The van der Waals surface area contributed by atoms with E-state index < -0.39 is 0 Å². The Morgan fingerprint density at radius 3 is 2.18 bits per heavy atom. The topological polar surface area (TPSA) is 0 Å². The molecule has 1 aromatic rings. The van der Waals surface area contributed by atoms with Gasteiger partial charge in [0, 0.05) is 0 Å². The number of hydrogen-bond acceptors (Lipinski definition) is 0. The van der Waals surface area contributed by atoms with Crippen molar-refractivity contribution in [3.8, 4) is 0 Å². The third kappa shape index (κ3) is 4.18. The molecule has 1 atom stereocenters. The summed E-state index contributed by atoms with van der Waals surface area (Å²) in [5.41, 5.74) is 4.62. The van der Waals surface area contributed by atoms with Gasteiger partial charge in [0.1, 0.15) is 0 Å². The van der Waals surface area contributed by atoms with E-state index in [0.717, 1.165) is 11.8 Å². The smallest absolute Gasteiger partial charge is 0.0133 e. The molecule has 2 rings (SSSR count). The van der Waals surface area contributed by atoms with Gasteiger partial charge < -0.3 is 0 Å². The summed E-state index contributed by atoms with van der Waals surface area (Å²) in [5, 5.41) is 0. The van der Waals surface area contributed by atoms with Crippen LogP contribution in [-0.4, -0.2) is 0 Å². The number of rotatable bonds is 1. The molecule has 1 aliphatic carbocycles. The van der Waals surface area contributed by atoms with Crippen molar-refractivity contribution in [2.24, 2.45) is 5.92 Å². The number of hydrogen-bond donors (Lipinski definition) is 0. The summed E-state index contributed by atoms with van der Waals surface area (Å²) in [6, 6.07) is 6.93. The summed E-state index contributed by atoms with van der Waals surface area (Å²) in [6.45, 7) is 14.9. The van der Waals surface area contributed by atoms with Gasteiger partial charge in [-0.2, -0.15) is 0 Å². The molecule has 0 radical (unpaired) electrons. The quantitative estimate of drug-likeness (QED) is 0.582. The van der Waals surface area contributed by atoms with Crippen molar-refractivity contribution in [3.05, 3.63) is 34.9 Å². The first-order chi connectivity index (χ1) is 8.18. The predicted molar refractivity (Wildman–Crippen MR) is 79.8 cm³/mol. The van der Waals surface area contributed by atoms with Crippen molar-refractivity contribution in [3.63, 3.8) is 0 Å². The van der Waals surface area contributed by atoms with Gasteiger partial charge in [-0.05, 0) is 42.7 Å². The SMILES string of the molecule is CC.CC.Cc1ccc2c(c1)C(C(C)C)CC2. The van der Waals surface area contributed by atoms with Crippen LogP contribution in [0.15, 0.2) is 18.2 Å². The second kappa shape index (κ2) is 8.33. The van der Waals surface area contributed by atoms with Gasteiger partial charge in [-0.15, -0.1) is 0 Å². The van der Waals surface area contributed by atoms with Crippen LogP contribution in [0.25, 0.3) is 0 Å². The number of benzene rings is 1. The standard InChI is InChI=1S/C13H18.2C2H6/c1-9(2)12-7-6-11-5-4-10(3)8-13(11)12;2*1-2/h4-5,8-9,12H,6-7H2,1-3H3;2*1-2H3. The maximum Gasteiger partial charge on any atom is -0.0133 e. The molecule has 1 unspecified atom stereocenters. The van der Waals surface area contributed by atoms with Gasteiger partial charge in [-0.1, -0.05) is 65.3 Å². The first kappa shape index (κ1) is 16.2. The molecule has 0 spiro atoms. The van der Waals surface area contributed by atoms with E-state index in [1.165, 1.54) is 18.4 Å². The molecule has 0 saturated carbocycles. The average Bonchev–Trinajstić information content (AvgIpc) is 2.77. The predicted octanol–water partition coefficient (Wildman–Crippen LogP) is 5.73. The highest BCUT2D eigenvalue weighted by Crippen LogP contribution is 2.38. The van der Waals surface area contributed by atoms with Gasteiger partial charge in [0.15, 0.2) is 0 Å². The van der Waals surface area contributed by atoms with Gasteiger partial charge >= 0.3 is 0 Å². The van der Waals surface area contributed by atoms with Crippen LogP contribution < -0.4 is 0 Å². The lowest BCUT2D eigenvalue weighted by Crippen LogP contribution is -2.02. The Hall–Kier alpha value is -0.780. The summed E-state index contributed by atoms with van der Waals surface area (Å²) >= 11 is 0. The molecule has 0 nitrogen and oxygen atoms in total. The van der Waals surface area contributed by atoms with Crippen molar-refractivity contribution in [2.75, 3.05) is 0 Å². The zero-order valence-corrected chi connectivity index (χ0v) is 12.8. The Kier molecular flexibility index (Phi) is 7.95. The molecular weight excluding hydrogens is 204 g/mol. The maximum absolute atomic E-state index is 2.38. The van der Waals surface area contributed by atoms with Crippen LogP contribution in [0.1, 0.15) is 70.6 Å². The summed E-state index contributed by atoms with van der Waals surface area (Å²) in [4.78, 5) is 0. The Bertz CT molecular complexity index is 310. The normalized spacial score (nSPS) is 16.6. The highest BCUT2D eigenvalue weighted by molar-refractivity contribution is 5.38. The lowest BCUT2D eigenvalue weighted by atomic mass is 9.89. The second-order valence-electron chi connectivity index (χ2n) is 4.59. The van der Waals surface area contributed by atoms with Crippen molar-refractivity contribution >= 4 is 0 Å². The van der Waals surface area contributed by atoms with Gasteiger partial charge in [0.2, 0.25) is 0 Å². The van der Waals surface area contributed by atoms with Crippen LogP contribution in [-0.2, 0) is 6.42 Å². The van der Waals surface area contributed by atoms with Gasteiger partial charge in [-0.25, -0.2) is 0 Å². The molecule has 17 heavy (non-hydrogen) atoms. The molecule has 0 saturated heterocycles. The Balaban J connectivity index is 0.000000581. The van der Waals surface area contributed by atoms with Crippen LogP contribution >= 0.6 is 0 Å². The molecule has 1 aliphatic rings. The van der Waals surface area contributed by atoms with E-state index in [0.29, 0.717) is 0 Å². The fourth-order valence-corrected chi connectivity index (χ4v) is 2.45. The molecule has 0 fully saturated rings. The largest absolute Gasteiger partial charge is 0.0683 e. The average molecular weight is 234 g/mol. The van der Waals surface area contributed by atoms with Gasteiger partial charge in [0.05, 0.1) is 0 Å². The molecule has 1 aromatic carbocycles. The highest BCUT2D eigenvalue weighted by Gasteiger charge is 2.24. The van der Waals surface area contributed by atoms with Gasteiger partial charge in [-0.3, -0.25) is 0 Å². The van der Waals surface area contributed by atoms with E-state index in [1.807, 2.05) is 27.7 Å². The van der Waals surface area contributed by atoms with Crippen LogP contribution in [0.2, 0.25) is 0 Å². The Labute approximate surface area is 108 Å². The summed E-state index contributed by atoms with van der Waals surface area (Å²) in [7, 11) is 0. The molecular formula is C17H30. The van der Waals surface area contributed by atoms with Crippen molar-refractivity contribution < 1.29 is 0 Å². The van der Waals surface area contributed by atoms with E-state index in [1.54, 1.807) is 11.1 Å². The van der Waals surface area contributed by atoms with Crippen LogP contribution in [0.5, 0.6) is 0 Å². The van der Waals surface area contributed by atoms with Crippen molar-refractivity contribution in [1.29, 1.82) is 0 Å². The van der Waals surface area contributed by atoms with Gasteiger partial charge in [0.25, 0.3) is 0 Å². The summed E-state index contributed by atoms with van der Waals surface area (Å²) in [5.74, 6) is 1.61. The second-order valence-corrected chi connectivity index (χ2v) is 4.59. The molecule has 0 amide bonds. The fourth-order valence-electron chi connectivity index (χ4n) is 2.45. The minimum Gasteiger partial charge on any atom is -0.0683 e. The zero-order chi connectivity index (χ0) is 13.4. The van der Waals surface area contributed by atoms with Crippen LogP contribution in [0, 0.1) is 12.8 Å². The van der Waals surface area contributed by atoms with Crippen molar-refractivity contribution in [2.45, 2.75) is 67.2 Å². The van der Waals surface area contributed by atoms with Crippen LogP contribution in [0.3, 0.4) is 0 Å². The first-order valence-corrected chi connectivity index (χ1v) is 7.28. The molecule has 0 heteroatoms. The minimum absolute atomic E-state index is 0.794. The molecule has 0 bridgehead atoms. The summed E-state index contributed by atoms with van der Waals surface area (Å²) < 4.78 is 0. The Morgan fingerprint density at radius 2 is 1.65 bits per heavy atom. The molecule has 0 heterocycles. The minimum atomic E-state index is 0.794. The third-order valence-electron chi connectivity index (χ3n) is 3.23. The lowest BCUT2D eigenvalue weighted by Gasteiger charge is -2.15. The maximum atomic E-state index is 2.38. The molecule has 0 aliphatic heterocycles. The fraction of sp³-hybridized carbons (Fsp3) is 0.647. The Morgan fingerprint density at radius 1 is 1.06 bits per heavy atom. The molecule has 98 valence electrons. The first-order valence-electron chi connectivity index (χ1n) is 7.28. The number of aryl methyl sites for hydroxylation is 2. The number of fused-ring (bicyclic) bond motifs is 1. The summed E-state index contributed by atoms with van der Waals surface area (Å²) in [6.07, 6.45) is 2.65. The monoisotopic (exact) mass is 234 g/mol. The van der Waals surface area contributed by atoms with E-state index in [-0.39, 0.29) is 0 Å². The van der Waals surface area contributed by atoms with Crippen LogP contribution in [0.4, 0.5) is 0 Å². The van der Waals surface area contributed by atoms with E-state index in [9.17, 15) is 0 Å². The molecule has 0 N–H and O–H groups in total. The molecule has 0 aromatic heterocycles. The highest BCUT2D eigenvalue weighted by atomic mass is 14.3. The lowest BCUT2D eigenvalue weighted by molar-refractivity contribution is 0.495. The van der Waals surface area contributed by atoms with Crippen molar-refractivity contribution in [1.82, 2.24) is 0 Å². The third-order valence-corrected chi connectivity index (χ3v) is 3.23. The van der Waals surface area contributed by atoms with E-state index >= 15 is 0 Å². The van der Waals surface area contributed by atoms with E-state index in [2.05, 4.69) is 39.0 Å². The zero-order valence-electron chi connectivity index (χ0n) is 12.8. The van der Waals surface area contributed by atoms with E-state index in [4.69, 9.17) is 0 Å².